The Hall–Kier alpha value is -2.19. The van der Waals surface area contributed by atoms with E-state index in [1.807, 2.05) is 17.5 Å². The van der Waals surface area contributed by atoms with Crippen molar-refractivity contribution >= 4 is 34.8 Å². The van der Waals surface area contributed by atoms with E-state index in [4.69, 9.17) is 11.6 Å². The van der Waals surface area contributed by atoms with Crippen LogP contribution >= 0.6 is 22.9 Å². The van der Waals surface area contributed by atoms with Gasteiger partial charge in [0.2, 0.25) is 5.95 Å². The zero-order chi connectivity index (χ0) is 15.1. The third-order valence-corrected chi connectivity index (χ3v) is 4.66. The number of amides is 1. The molecule has 9 heteroatoms. The van der Waals surface area contributed by atoms with Crippen LogP contribution in [0.1, 0.15) is 34.9 Å². The molecule has 0 bridgehead atoms. The Labute approximate surface area is 134 Å². The highest BCUT2D eigenvalue weighted by Crippen LogP contribution is 2.42. The molecule has 0 aromatic carbocycles. The molecule has 1 amide bonds. The number of H-pyrrole nitrogens is 2. The molecule has 0 atom stereocenters. The summed E-state index contributed by atoms with van der Waals surface area (Å²) < 4.78 is 0. The van der Waals surface area contributed by atoms with Gasteiger partial charge in [-0.15, -0.1) is 16.4 Å². The minimum absolute atomic E-state index is 0.172. The van der Waals surface area contributed by atoms with Crippen LogP contribution < -0.4 is 5.32 Å². The zero-order valence-corrected chi connectivity index (χ0v) is 12.8. The number of aromatic amines is 2. The van der Waals surface area contributed by atoms with Crippen molar-refractivity contribution < 1.29 is 4.79 Å². The molecule has 1 saturated carbocycles. The molecule has 0 saturated heterocycles. The second-order valence-electron chi connectivity index (χ2n) is 5.01. The summed E-state index contributed by atoms with van der Waals surface area (Å²) in [6.45, 7) is 0. The minimum Gasteiger partial charge on any atom is -0.288 e. The number of carbonyl (C=O) groups is 1. The highest BCUT2D eigenvalue weighted by molar-refractivity contribution is 7.13. The lowest BCUT2D eigenvalue weighted by Gasteiger charge is -1.97. The van der Waals surface area contributed by atoms with Crippen LogP contribution in [0.4, 0.5) is 5.95 Å². The van der Waals surface area contributed by atoms with E-state index in [2.05, 4.69) is 30.7 Å². The number of thiophene rings is 1. The van der Waals surface area contributed by atoms with Gasteiger partial charge in [0.1, 0.15) is 0 Å². The van der Waals surface area contributed by atoms with Crippen molar-refractivity contribution in [3.05, 3.63) is 33.9 Å². The number of hydrogen-bond donors (Lipinski definition) is 3. The average molecular weight is 335 g/mol. The summed E-state index contributed by atoms with van der Waals surface area (Å²) in [6, 6.07) is 3.84. The molecule has 1 aliphatic rings. The summed E-state index contributed by atoms with van der Waals surface area (Å²) in [6.07, 6.45) is 2.15. The Balaban J connectivity index is 1.52. The maximum Gasteiger partial charge on any atom is 0.280 e. The first kappa shape index (κ1) is 13.5. The Bertz CT molecular complexity index is 820. The first-order valence-electron chi connectivity index (χ1n) is 6.74. The topological polar surface area (TPSA) is 99.3 Å². The Kier molecular flexibility index (Phi) is 3.20. The van der Waals surface area contributed by atoms with Crippen molar-refractivity contribution in [2.24, 2.45) is 0 Å². The van der Waals surface area contributed by atoms with Crippen LogP contribution in [0.3, 0.4) is 0 Å². The lowest BCUT2D eigenvalue weighted by Crippen LogP contribution is -2.14. The molecule has 112 valence electrons. The van der Waals surface area contributed by atoms with Gasteiger partial charge in [0.25, 0.3) is 5.91 Å². The molecule has 0 spiro atoms. The van der Waals surface area contributed by atoms with Crippen LogP contribution in [0, 0.1) is 0 Å². The van der Waals surface area contributed by atoms with E-state index in [0.29, 0.717) is 16.8 Å². The van der Waals surface area contributed by atoms with Gasteiger partial charge in [-0.3, -0.25) is 20.3 Å². The summed E-state index contributed by atoms with van der Waals surface area (Å²) in [4.78, 5) is 17.4. The summed E-state index contributed by atoms with van der Waals surface area (Å²) in [5.41, 5.74) is 1.01. The Morgan fingerprint density at radius 3 is 2.95 bits per heavy atom. The van der Waals surface area contributed by atoms with Crippen LogP contribution in [0.15, 0.2) is 17.5 Å². The number of carbonyl (C=O) groups excluding carboxylic acids is 1. The van der Waals surface area contributed by atoms with E-state index >= 15 is 0 Å². The summed E-state index contributed by atoms with van der Waals surface area (Å²) >= 11 is 7.74. The van der Waals surface area contributed by atoms with Gasteiger partial charge in [-0.1, -0.05) is 17.7 Å². The smallest absolute Gasteiger partial charge is 0.280 e. The number of anilines is 1. The molecular weight excluding hydrogens is 324 g/mol. The van der Waals surface area contributed by atoms with Crippen molar-refractivity contribution in [3.8, 4) is 10.7 Å². The highest BCUT2D eigenvalue weighted by Gasteiger charge is 2.31. The monoisotopic (exact) mass is 334 g/mol. The molecule has 3 aromatic heterocycles. The van der Waals surface area contributed by atoms with E-state index in [9.17, 15) is 4.79 Å². The van der Waals surface area contributed by atoms with E-state index in [1.54, 1.807) is 0 Å². The Morgan fingerprint density at radius 2 is 2.23 bits per heavy atom. The summed E-state index contributed by atoms with van der Waals surface area (Å²) in [5, 5.41) is 18.5. The zero-order valence-electron chi connectivity index (χ0n) is 11.3. The molecule has 0 unspecified atom stereocenters. The largest absolute Gasteiger partial charge is 0.288 e. The van der Waals surface area contributed by atoms with Gasteiger partial charge >= 0.3 is 0 Å². The lowest BCUT2D eigenvalue weighted by atomic mass is 10.2. The lowest BCUT2D eigenvalue weighted by molar-refractivity contribution is 0.102. The van der Waals surface area contributed by atoms with Crippen LogP contribution in [-0.2, 0) is 0 Å². The van der Waals surface area contributed by atoms with Gasteiger partial charge in [0.15, 0.2) is 11.5 Å². The predicted molar refractivity (Wildman–Crippen MR) is 83.2 cm³/mol. The summed E-state index contributed by atoms with van der Waals surface area (Å²) in [7, 11) is 0. The first-order chi connectivity index (χ1) is 10.7. The molecular formula is C13H11ClN6OS. The molecule has 0 radical (unpaired) electrons. The van der Waals surface area contributed by atoms with Crippen LogP contribution in [-0.4, -0.2) is 31.3 Å². The van der Waals surface area contributed by atoms with Crippen molar-refractivity contribution in [3.63, 3.8) is 0 Å². The standard InChI is InChI=1S/C13H11ClN6OS/c14-8-9(6-3-4-6)17-18-10(8)12(21)16-13-15-11(19-20-13)7-2-1-5-22-7/h1-2,5-6H,3-4H2,(H,17,18)(H2,15,16,19,20,21). The van der Waals surface area contributed by atoms with Crippen LogP contribution in [0.2, 0.25) is 5.02 Å². The second-order valence-corrected chi connectivity index (χ2v) is 6.34. The molecule has 1 fully saturated rings. The number of aromatic nitrogens is 5. The van der Waals surface area contributed by atoms with Crippen molar-refractivity contribution in [1.82, 2.24) is 25.4 Å². The fraction of sp³-hybridized carbons (Fsp3) is 0.231. The maximum atomic E-state index is 12.2. The molecule has 4 rings (SSSR count). The Morgan fingerprint density at radius 1 is 1.36 bits per heavy atom. The second kappa shape index (κ2) is 5.22. The van der Waals surface area contributed by atoms with Crippen molar-refractivity contribution in [1.29, 1.82) is 0 Å². The van der Waals surface area contributed by atoms with Gasteiger partial charge in [0, 0.05) is 5.92 Å². The summed E-state index contributed by atoms with van der Waals surface area (Å²) in [5.74, 6) is 0.776. The van der Waals surface area contributed by atoms with Gasteiger partial charge in [-0.2, -0.15) is 10.1 Å². The molecule has 22 heavy (non-hydrogen) atoms. The molecule has 0 aliphatic heterocycles. The van der Waals surface area contributed by atoms with Crippen molar-refractivity contribution in [2.75, 3.05) is 5.32 Å². The number of rotatable bonds is 4. The first-order valence-corrected chi connectivity index (χ1v) is 7.99. The van der Waals surface area contributed by atoms with E-state index in [-0.39, 0.29) is 11.6 Å². The van der Waals surface area contributed by atoms with E-state index in [0.717, 1.165) is 23.4 Å². The van der Waals surface area contributed by atoms with Crippen LogP contribution in [0.25, 0.3) is 10.7 Å². The third kappa shape index (κ3) is 2.40. The number of hydrogen-bond acceptors (Lipinski definition) is 5. The normalized spacial score (nSPS) is 14.2. The average Bonchev–Trinajstić information content (AvgIpc) is 2.95. The molecule has 3 aromatic rings. The minimum atomic E-state index is -0.426. The molecule has 3 N–H and O–H groups in total. The molecule has 1 aliphatic carbocycles. The quantitative estimate of drug-likeness (QED) is 0.682. The van der Waals surface area contributed by atoms with Gasteiger partial charge in [-0.25, -0.2) is 0 Å². The van der Waals surface area contributed by atoms with Gasteiger partial charge < -0.3 is 0 Å². The fourth-order valence-electron chi connectivity index (χ4n) is 2.14. The van der Waals surface area contributed by atoms with Gasteiger partial charge in [-0.05, 0) is 24.3 Å². The molecule has 3 heterocycles. The van der Waals surface area contributed by atoms with E-state index < -0.39 is 5.91 Å². The predicted octanol–water partition coefficient (Wildman–Crippen LogP) is 3.04. The molecule has 7 nitrogen and oxygen atoms in total. The number of nitrogens with zero attached hydrogens (tertiary/aromatic N) is 3. The van der Waals surface area contributed by atoms with E-state index in [1.165, 1.54) is 11.3 Å². The highest BCUT2D eigenvalue weighted by atomic mass is 35.5. The number of halogens is 1. The SMILES string of the molecule is O=C(Nc1n[nH]c(-c2cccs2)n1)c1n[nH]c(C2CC2)c1Cl. The van der Waals surface area contributed by atoms with Crippen LogP contribution in [0.5, 0.6) is 0 Å². The van der Waals surface area contributed by atoms with Crippen molar-refractivity contribution in [2.45, 2.75) is 18.8 Å². The third-order valence-electron chi connectivity index (χ3n) is 3.40. The van der Waals surface area contributed by atoms with Gasteiger partial charge in [0.05, 0.1) is 15.6 Å². The fourth-order valence-corrected chi connectivity index (χ4v) is 3.13. The number of nitrogens with one attached hydrogen (secondary N) is 3. The maximum absolute atomic E-state index is 12.2.